The zero-order chi connectivity index (χ0) is 13.9. The Morgan fingerprint density at radius 3 is 2.84 bits per heavy atom. The molecule has 0 saturated carbocycles. The summed E-state index contributed by atoms with van der Waals surface area (Å²) in [4.78, 5) is 4.48. The molecular weight excluding hydrogens is 262 g/mol. The third kappa shape index (κ3) is 3.94. The second-order valence-corrected chi connectivity index (χ2v) is 7.04. The van der Waals surface area contributed by atoms with E-state index in [2.05, 4.69) is 36.2 Å². The maximum atomic E-state index is 5.65. The molecular formula is C13H23N3O2S. The Balaban J connectivity index is 2.00. The van der Waals surface area contributed by atoms with Crippen molar-refractivity contribution >= 4 is 11.8 Å². The first-order valence-corrected chi connectivity index (χ1v) is 7.85. The van der Waals surface area contributed by atoms with E-state index in [1.807, 2.05) is 18.8 Å². The van der Waals surface area contributed by atoms with E-state index in [0.717, 1.165) is 24.5 Å². The lowest BCUT2D eigenvalue weighted by molar-refractivity contribution is 0.0677. The summed E-state index contributed by atoms with van der Waals surface area (Å²) in [6, 6.07) is 0.308. The van der Waals surface area contributed by atoms with Crippen LogP contribution in [0.4, 0.5) is 0 Å². The van der Waals surface area contributed by atoms with Crippen LogP contribution in [-0.2, 0) is 11.2 Å². The summed E-state index contributed by atoms with van der Waals surface area (Å²) in [5.74, 6) is 3.33. The third-order valence-corrected chi connectivity index (χ3v) is 4.35. The molecule has 2 heterocycles. The standard InChI is InChI=1S/C13H23N3O2S/c1-13(2,3)10(14-4)7-11-15-12(16-18-11)9-8-19-6-5-17-9/h9-10,14H,5-8H2,1-4H3. The SMILES string of the molecule is CNC(Cc1nc(C2CSCCO2)no1)C(C)(C)C. The van der Waals surface area contributed by atoms with E-state index in [0.29, 0.717) is 17.8 Å². The molecule has 1 N–H and O–H groups in total. The van der Waals surface area contributed by atoms with Gasteiger partial charge < -0.3 is 14.6 Å². The third-order valence-electron chi connectivity index (χ3n) is 3.36. The highest BCUT2D eigenvalue weighted by atomic mass is 32.2. The van der Waals surface area contributed by atoms with Crippen LogP contribution in [0.1, 0.15) is 38.6 Å². The number of likely N-dealkylation sites (N-methyl/N-ethyl adjacent to an activating group) is 1. The molecule has 1 aliphatic rings. The summed E-state index contributed by atoms with van der Waals surface area (Å²) in [6.45, 7) is 7.37. The van der Waals surface area contributed by atoms with Crippen molar-refractivity contribution < 1.29 is 9.26 Å². The number of rotatable bonds is 4. The van der Waals surface area contributed by atoms with Gasteiger partial charge in [0.2, 0.25) is 11.7 Å². The van der Waals surface area contributed by atoms with Crippen molar-refractivity contribution in [2.45, 2.75) is 39.3 Å². The van der Waals surface area contributed by atoms with Crippen molar-refractivity contribution in [3.63, 3.8) is 0 Å². The summed E-state index contributed by atoms with van der Waals surface area (Å²) in [6.07, 6.45) is 0.728. The highest BCUT2D eigenvalue weighted by Gasteiger charge is 2.27. The normalized spacial score (nSPS) is 22.4. The number of nitrogens with zero attached hydrogens (tertiary/aromatic N) is 2. The summed E-state index contributed by atoms with van der Waals surface area (Å²) in [7, 11) is 1.97. The van der Waals surface area contributed by atoms with E-state index in [1.54, 1.807) is 0 Å². The summed E-state index contributed by atoms with van der Waals surface area (Å²) < 4.78 is 11.0. The minimum Gasteiger partial charge on any atom is -0.368 e. The molecule has 1 saturated heterocycles. The van der Waals surface area contributed by atoms with Crippen LogP contribution in [0.3, 0.4) is 0 Å². The summed E-state index contributed by atoms with van der Waals surface area (Å²) >= 11 is 1.87. The first-order valence-electron chi connectivity index (χ1n) is 6.70. The predicted molar refractivity (Wildman–Crippen MR) is 76.3 cm³/mol. The van der Waals surface area contributed by atoms with Crippen molar-refractivity contribution in [2.24, 2.45) is 5.41 Å². The Morgan fingerprint density at radius 1 is 1.47 bits per heavy atom. The lowest BCUT2D eigenvalue weighted by Crippen LogP contribution is -2.39. The van der Waals surface area contributed by atoms with Gasteiger partial charge in [0.05, 0.1) is 6.61 Å². The van der Waals surface area contributed by atoms with Gasteiger partial charge in [0.1, 0.15) is 6.10 Å². The molecule has 0 radical (unpaired) electrons. The minimum absolute atomic E-state index is 0.0149. The van der Waals surface area contributed by atoms with Crippen LogP contribution < -0.4 is 5.32 Å². The van der Waals surface area contributed by atoms with Gasteiger partial charge >= 0.3 is 0 Å². The molecule has 19 heavy (non-hydrogen) atoms. The van der Waals surface area contributed by atoms with E-state index in [1.165, 1.54) is 0 Å². The first-order chi connectivity index (χ1) is 9.00. The molecule has 0 spiro atoms. The number of ether oxygens (including phenoxy) is 1. The maximum absolute atomic E-state index is 5.65. The van der Waals surface area contributed by atoms with Crippen molar-refractivity contribution in [3.05, 3.63) is 11.7 Å². The Hall–Kier alpha value is -0.590. The number of aromatic nitrogens is 2. The lowest BCUT2D eigenvalue weighted by Gasteiger charge is -2.29. The molecule has 0 aromatic carbocycles. The molecule has 1 aromatic heterocycles. The average Bonchev–Trinajstić information content (AvgIpc) is 2.84. The van der Waals surface area contributed by atoms with Gasteiger partial charge in [-0.05, 0) is 12.5 Å². The minimum atomic E-state index is -0.0149. The molecule has 2 atom stereocenters. The molecule has 1 aliphatic heterocycles. The monoisotopic (exact) mass is 285 g/mol. The molecule has 0 aliphatic carbocycles. The Kier molecular flexibility index (Phi) is 4.86. The van der Waals surface area contributed by atoms with Crippen LogP contribution in [0.5, 0.6) is 0 Å². The van der Waals surface area contributed by atoms with E-state index in [9.17, 15) is 0 Å². The quantitative estimate of drug-likeness (QED) is 0.913. The van der Waals surface area contributed by atoms with Gasteiger partial charge in [0.15, 0.2) is 0 Å². The Morgan fingerprint density at radius 2 is 2.26 bits per heavy atom. The molecule has 0 bridgehead atoms. The van der Waals surface area contributed by atoms with E-state index >= 15 is 0 Å². The smallest absolute Gasteiger partial charge is 0.228 e. The van der Waals surface area contributed by atoms with E-state index < -0.39 is 0 Å². The highest BCUT2D eigenvalue weighted by molar-refractivity contribution is 7.99. The summed E-state index contributed by atoms with van der Waals surface area (Å²) in [5.41, 5.74) is 0.153. The van der Waals surface area contributed by atoms with Crippen LogP contribution in [0.2, 0.25) is 0 Å². The lowest BCUT2D eigenvalue weighted by atomic mass is 9.85. The molecule has 6 heteroatoms. The predicted octanol–water partition coefficient (Wildman–Crippen LogP) is 2.05. The molecule has 2 unspecified atom stereocenters. The number of nitrogens with one attached hydrogen (secondary N) is 1. The van der Waals surface area contributed by atoms with Gasteiger partial charge in [-0.1, -0.05) is 25.9 Å². The zero-order valence-electron chi connectivity index (χ0n) is 12.1. The van der Waals surface area contributed by atoms with Gasteiger partial charge in [-0.3, -0.25) is 0 Å². The van der Waals surface area contributed by atoms with E-state index in [4.69, 9.17) is 9.26 Å². The summed E-state index contributed by atoms with van der Waals surface area (Å²) in [5, 5.41) is 7.37. The molecule has 1 fully saturated rings. The Bertz CT molecular complexity index is 397. The fourth-order valence-corrected chi connectivity index (χ4v) is 2.97. The van der Waals surface area contributed by atoms with Crippen molar-refractivity contribution in [1.82, 2.24) is 15.5 Å². The molecule has 1 aromatic rings. The molecule has 5 nitrogen and oxygen atoms in total. The Labute approximate surface area is 118 Å². The van der Waals surface area contributed by atoms with Gasteiger partial charge in [0, 0.05) is 24.0 Å². The molecule has 108 valence electrons. The molecule has 2 rings (SSSR count). The van der Waals surface area contributed by atoms with Gasteiger partial charge in [0.25, 0.3) is 0 Å². The highest BCUT2D eigenvalue weighted by Crippen LogP contribution is 2.26. The topological polar surface area (TPSA) is 60.2 Å². The van der Waals surface area contributed by atoms with Crippen molar-refractivity contribution in [1.29, 1.82) is 0 Å². The van der Waals surface area contributed by atoms with Crippen molar-refractivity contribution in [2.75, 3.05) is 25.2 Å². The molecule has 0 amide bonds. The van der Waals surface area contributed by atoms with Crippen LogP contribution in [0.25, 0.3) is 0 Å². The van der Waals surface area contributed by atoms with Gasteiger partial charge in [-0.2, -0.15) is 16.7 Å². The largest absolute Gasteiger partial charge is 0.368 e. The number of thioether (sulfide) groups is 1. The van der Waals surface area contributed by atoms with Crippen LogP contribution in [0.15, 0.2) is 4.52 Å². The average molecular weight is 285 g/mol. The zero-order valence-corrected chi connectivity index (χ0v) is 12.9. The van der Waals surface area contributed by atoms with Crippen LogP contribution in [-0.4, -0.2) is 41.3 Å². The van der Waals surface area contributed by atoms with E-state index in [-0.39, 0.29) is 11.5 Å². The second kappa shape index (κ2) is 6.24. The van der Waals surface area contributed by atoms with Gasteiger partial charge in [-0.15, -0.1) is 0 Å². The van der Waals surface area contributed by atoms with Crippen molar-refractivity contribution in [3.8, 4) is 0 Å². The second-order valence-electron chi connectivity index (χ2n) is 5.89. The number of hydrogen-bond donors (Lipinski definition) is 1. The van der Waals surface area contributed by atoms with Gasteiger partial charge in [-0.25, -0.2) is 0 Å². The fraction of sp³-hybridized carbons (Fsp3) is 0.846. The number of hydrogen-bond acceptors (Lipinski definition) is 6. The fourth-order valence-electron chi connectivity index (χ4n) is 2.13. The maximum Gasteiger partial charge on any atom is 0.228 e. The first kappa shape index (κ1) is 14.8. The van der Waals surface area contributed by atoms with Crippen LogP contribution >= 0.6 is 11.8 Å². The van der Waals surface area contributed by atoms with Crippen LogP contribution in [0, 0.1) is 5.41 Å².